The molecule has 1 aromatic carbocycles. The first kappa shape index (κ1) is 16.1. The van der Waals surface area contributed by atoms with Gasteiger partial charge in [0.15, 0.2) is 0 Å². The van der Waals surface area contributed by atoms with E-state index in [1.165, 1.54) is 43.6 Å². The normalized spacial score (nSPS) is 18.9. The Hall–Kier alpha value is -1.74. The zero-order valence-electron chi connectivity index (χ0n) is 13.6. The van der Waals surface area contributed by atoms with Gasteiger partial charge in [-0.25, -0.2) is 4.39 Å². The summed E-state index contributed by atoms with van der Waals surface area (Å²) < 4.78 is 12.9. The third-order valence-corrected chi connectivity index (χ3v) is 4.77. The van der Waals surface area contributed by atoms with Crippen molar-refractivity contribution in [2.45, 2.75) is 32.1 Å². The van der Waals surface area contributed by atoms with Gasteiger partial charge in [-0.15, -0.1) is 0 Å². The van der Waals surface area contributed by atoms with Crippen molar-refractivity contribution in [1.29, 1.82) is 0 Å². The number of hydrogen-bond donors (Lipinski definition) is 0. The van der Waals surface area contributed by atoms with Gasteiger partial charge in [0, 0.05) is 31.4 Å². The van der Waals surface area contributed by atoms with E-state index in [2.05, 4.69) is 22.0 Å². The van der Waals surface area contributed by atoms with Crippen LogP contribution in [0, 0.1) is 11.7 Å². The van der Waals surface area contributed by atoms with Crippen molar-refractivity contribution in [2.24, 2.45) is 5.92 Å². The number of hydrogen-bond acceptors (Lipinski definition) is 2. The molecule has 0 spiro atoms. The van der Waals surface area contributed by atoms with E-state index in [1.54, 1.807) is 12.1 Å². The Kier molecular flexibility index (Phi) is 5.76. The number of nitrogens with zero attached hydrogens (tertiary/aromatic N) is 2. The molecule has 0 radical (unpaired) electrons. The molecular formula is C20H25FN2. The van der Waals surface area contributed by atoms with Crippen molar-refractivity contribution in [3.63, 3.8) is 0 Å². The highest BCUT2D eigenvalue weighted by molar-refractivity contribution is 5.16. The van der Waals surface area contributed by atoms with Gasteiger partial charge in [0.2, 0.25) is 0 Å². The van der Waals surface area contributed by atoms with E-state index in [0.717, 1.165) is 25.3 Å². The Labute approximate surface area is 138 Å². The smallest absolute Gasteiger partial charge is 0.123 e. The molecule has 0 N–H and O–H groups in total. The summed E-state index contributed by atoms with van der Waals surface area (Å²) in [6, 6.07) is 13.1. The van der Waals surface area contributed by atoms with Crippen molar-refractivity contribution in [1.82, 2.24) is 9.88 Å². The summed E-state index contributed by atoms with van der Waals surface area (Å²) in [7, 11) is 0. The van der Waals surface area contributed by atoms with Crippen molar-refractivity contribution in [3.8, 4) is 0 Å². The zero-order valence-corrected chi connectivity index (χ0v) is 13.6. The molecule has 3 rings (SSSR count). The maximum atomic E-state index is 12.9. The zero-order chi connectivity index (χ0) is 15.9. The molecule has 0 aliphatic carbocycles. The second kappa shape index (κ2) is 8.21. The van der Waals surface area contributed by atoms with Crippen LogP contribution in [0.4, 0.5) is 4.39 Å². The molecule has 2 heterocycles. The molecule has 1 unspecified atom stereocenters. The molecule has 1 aliphatic heterocycles. The number of aryl methyl sites for hydroxylation is 1. The van der Waals surface area contributed by atoms with Crippen molar-refractivity contribution >= 4 is 0 Å². The fourth-order valence-corrected chi connectivity index (χ4v) is 3.43. The second-order valence-electron chi connectivity index (χ2n) is 6.55. The molecule has 2 nitrogen and oxygen atoms in total. The maximum absolute atomic E-state index is 12.9. The van der Waals surface area contributed by atoms with Crippen LogP contribution in [-0.4, -0.2) is 29.5 Å². The van der Waals surface area contributed by atoms with Gasteiger partial charge in [-0.2, -0.15) is 0 Å². The molecule has 1 atom stereocenters. The third kappa shape index (κ3) is 5.14. The number of benzene rings is 1. The fraction of sp³-hybridized carbons (Fsp3) is 0.450. The lowest BCUT2D eigenvalue weighted by Crippen LogP contribution is -2.37. The van der Waals surface area contributed by atoms with Crippen LogP contribution in [0.5, 0.6) is 0 Å². The topological polar surface area (TPSA) is 16.1 Å². The highest BCUT2D eigenvalue weighted by Gasteiger charge is 2.19. The van der Waals surface area contributed by atoms with E-state index in [4.69, 9.17) is 0 Å². The Morgan fingerprint density at radius 2 is 1.96 bits per heavy atom. The van der Waals surface area contributed by atoms with Crippen LogP contribution in [0.2, 0.25) is 0 Å². The summed E-state index contributed by atoms with van der Waals surface area (Å²) in [5, 5.41) is 0. The fourth-order valence-electron chi connectivity index (χ4n) is 3.43. The quantitative estimate of drug-likeness (QED) is 0.798. The molecule has 1 aliphatic rings. The monoisotopic (exact) mass is 312 g/mol. The van der Waals surface area contributed by atoms with Gasteiger partial charge in [0.1, 0.15) is 5.82 Å². The molecule has 0 bridgehead atoms. The molecule has 1 fully saturated rings. The predicted molar refractivity (Wildman–Crippen MR) is 91.8 cm³/mol. The van der Waals surface area contributed by atoms with Gasteiger partial charge >= 0.3 is 0 Å². The lowest BCUT2D eigenvalue weighted by atomic mass is 9.91. The maximum Gasteiger partial charge on any atom is 0.123 e. The number of aromatic nitrogens is 1. The summed E-state index contributed by atoms with van der Waals surface area (Å²) in [6.07, 6.45) is 7.77. The van der Waals surface area contributed by atoms with Gasteiger partial charge < -0.3 is 4.90 Å². The van der Waals surface area contributed by atoms with E-state index in [0.29, 0.717) is 0 Å². The van der Waals surface area contributed by atoms with Crippen LogP contribution >= 0.6 is 0 Å². The average Bonchev–Trinajstić information content (AvgIpc) is 2.61. The Morgan fingerprint density at radius 3 is 2.74 bits per heavy atom. The highest BCUT2D eigenvalue weighted by atomic mass is 19.1. The predicted octanol–water partition coefficient (Wildman–Crippen LogP) is 4.11. The largest absolute Gasteiger partial charge is 0.303 e. The van der Waals surface area contributed by atoms with Gasteiger partial charge in [-0.05, 0) is 68.0 Å². The van der Waals surface area contributed by atoms with Gasteiger partial charge in [-0.3, -0.25) is 4.98 Å². The molecule has 3 heteroatoms. The summed E-state index contributed by atoms with van der Waals surface area (Å²) in [6.45, 7) is 3.50. The minimum atomic E-state index is -0.146. The molecular weight excluding hydrogens is 287 g/mol. The lowest BCUT2D eigenvalue weighted by molar-refractivity contribution is 0.170. The minimum Gasteiger partial charge on any atom is -0.303 e. The molecule has 2 aromatic rings. The van der Waals surface area contributed by atoms with Gasteiger partial charge in [-0.1, -0.05) is 18.2 Å². The van der Waals surface area contributed by atoms with Crippen LogP contribution in [0.3, 0.4) is 0 Å². The van der Waals surface area contributed by atoms with Gasteiger partial charge in [0.05, 0.1) is 0 Å². The first-order valence-corrected chi connectivity index (χ1v) is 8.66. The number of pyridine rings is 1. The van der Waals surface area contributed by atoms with E-state index in [1.807, 2.05) is 24.4 Å². The SMILES string of the molecule is Fc1ccc(CCC2CCCN(CCc3ccccn3)C2)cc1. The van der Waals surface area contributed by atoms with Crippen LogP contribution in [0.15, 0.2) is 48.7 Å². The molecule has 0 amide bonds. The summed E-state index contributed by atoms with van der Waals surface area (Å²) in [5.41, 5.74) is 2.43. The second-order valence-corrected chi connectivity index (χ2v) is 6.55. The molecule has 1 aromatic heterocycles. The first-order valence-electron chi connectivity index (χ1n) is 8.66. The van der Waals surface area contributed by atoms with Crippen molar-refractivity contribution < 1.29 is 4.39 Å². The Bertz CT molecular complexity index is 582. The van der Waals surface area contributed by atoms with E-state index >= 15 is 0 Å². The summed E-state index contributed by atoms with van der Waals surface area (Å²) in [5.74, 6) is 0.615. The van der Waals surface area contributed by atoms with E-state index in [-0.39, 0.29) is 5.82 Å². The summed E-state index contributed by atoms with van der Waals surface area (Å²) in [4.78, 5) is 6.98. The van der Waals surface area contributed by atoms with Crippen molar-refractivity contribution in [3.05, 3.63) is 65.7 Å². The lowest BCUT2D eigenvalue weighted by Gasteiger charge is -2.32. The number of rotatable bonds is 6. The average molecular weight is 312 g/mol. The minimum absolute atomic E-state index is 0.146. The van der Waals surface area contributed by atoms with Gasteiger partial charge in [0.25, 0.3) is 0 Å². The highest BCUT2D eigenvalue weighted by Crippen LogP contribution is 2.22. The molecule has 0 saturated carbocycles. The van der Waals surface area contributed by atoms with Crippen LogP contribution in [0.1, 0.15) is 30.5 Å². The standard InChI is InChI=1S/C20H25FN2/c21-19-10-8-17(9-11-19)6-7-18-4-3-14-23(16-18)15-12-20-5-1-2-13-22-20/h1-2,5,8-11,13,18H,3-4,6-7,12,14-16H2. The van der Waals surface area contributed by atoms with E-state index < -0.39 is 0 Å². The Balaban J connectivity index is 1.43. The molecule has 122 valence electrons. The van der Waals surface area contributed by atoms with Crippen molar-refractivity contribution in [2.75, 3.05) is 19.6 Å². The Morgan fingerprint density at radius 1 is 1.09 bits per heavy atom. The van der Waals surface area contributed by atoms with Crippen LogP contribution < -0.4 is 0 Å². The first-order chi connectivity index (χ1) is 11.3. The van der Waals surface area contributed by atoms with Crippen LogP contribution in [-0.2, 0) is 12.8 Å². The molecule has 23 heavy (non-hydrogen) atoms. The number of likely N-dealkylation sites (tertiary alicyclic amines) is 1. The number of piperidine rings is 1. The van der Waals surface area contributed by atoms with E-state index in [9.17, 15) is 4.39 Å². The number of halogens is 1. The third-order valence-electron chi connectivity index (χ3n) is 4.77. The molecule has 1 saturated heterocycles. The summed E-state index contributed by atoms with van der Waals surface area (Å²) >= 11 is 0. The van der Waals surface area contributed by atoms with Crippen LogP contribution in [0.25, 0.3) is 0 Å².